The number of nitrogens with one attached hydrogen (secondary N) is 1. The van der Waals surface area contributed by atoms with Crippen molar-refractivity contribution in [1.82, 2.24) is 4.72 Å². The molecule has 1 aromatic carbocycles. The highest BCUT2D eigenvalue weighted by molar-refractivity contribution is 9.10. The first-order valence-electron chi connectivity index (χ1n) is 5.25. The Morgan fingerprint density at radius 1 is 1.21 bits per heavy atom. The summed E-state index contributed by atoms with van der Waals surface area (Å²) in [6.45, 7) is 0.172. The predicted octanol–water partition coefficient (Wildman–Crippen LogP) is 3.77. The maximum atomic E-state index is 11.9. The van der Waals surface area contributed by atoms with Gasteiger partial charge in [0, 0.05) is 18.5 Å². The van der Waals surface area contributed by atoms with Crippen molar-refractivity contribution in [1.29, 1.82) is 0 Å². The van der Waals surface area contributed by atoms with Crippen LogP contribution in [0.2, 0.25) is 0 Å². The van der Waals surface area contributed by atoms with Crippen molar-refractivity contribution in [2.75, 3.05) is 20.8 Å². The van der Waals surface area contributed by atoms with E-state index >= 15 is 0 Å². The zero-order valence-electron chi connectivity index (χ0n) is 10.3. The first kappa shape index (κ1) is 16.5. The molecular weight excluding hydrogens is 347 g/mol. The van der Waals surface area contributed by atoms with Crippen molar-refractivity contribution >= 4 is 27.9 Å². The van der Waals surface area contributed by atoms with Gasteiger partial charge in [-0.25, -0.2) is 0 Å². The summed E-state index contributed by atoms with van der Waals surface area (Å²) in [6.07, 6.45) is 0.399. The molecule has 1 aromatic rings. The standard InChI is InChI=1S/C11H13BrF3NO2S/c1-17-9-6-8(12)10(18-2)5-7(9)3-4-16-19-11(13,14)15/h5-6,16H,3-4H2,1-2H3. The van der Waals surface area contributed by atoms with Gasteiger partial charge in [0.1, 0.15) is 11.5 Å². The maximum absolute atomic E-state index is 11.9. The minimum atomic E-state index is -4.28. The van der Waals surface area contributed by atoms with Crippen LogP contribution in [0.1, 0.15) is 5.56 Å². The van der Waals surface area contributed by atoms with E-state index in [9.17, 15) is 13.2 Å². The Hall–Kier alpha value is -0.600. The van der Waals surface area contributed by atoms with Gasteiger partial charge >= 0.3 is 5.51 Å². The minimum absolute atomic E-state index is 0.172. The molecule has 0 saturated heterocycles. The molecule has 0 radical (unpaired) electrons. The SMILES string of the molecule is COc1cc(CCNSC(F)(F)F)c(OC)cc1Br. The van der Waals surface area contributed by atoms with Crippen LogP contribution < -0.4 is 14.2 Å². The molecule has 0 spiro atoms. The quantitative estimate of drug-likeness (QED) is 0.618. The number of hydrogen-bond acceptors (Lipinski definition) is 4. The summed E-state index contributed by atoms with van der Waals surface area (Å²) in [5.74, 6) is 1.21. The number of ether oxygens (including phenoxy) is 2. The van der Waals surface area contributed by atoms with Crippen molar-refractivity contribution < 1.29 is 22.6 Å². The zero-order valence-corrected chi connectivity index (χ0v) is 12.7. The second-order valence-corrected chi connectivity index (χ2v) is 5.30. The van der Waals surface area contributed by atoms with Crippen LogP contribution in [-0.4, -0.2) is 26.3 Å². The summed E-state index contributed by atoms with van der Waals surface area (Å²) in [5, 5.41) is 0. The first-order valence-corrected chi connectivity index (χ1v) is 6.86. The van der Waals surface area contributed by atoms with Gasteiger partial charge in [-0.05, 0) is 40.0 Å². The topological polar surface area (TPSA) is 30.5 Å². The van der Waals surface area contributed by atoms with Crippen molar-refractivity contribution in [2.24, 2.45) is 0 Å². The molecule has 8 heteroatoms. The highest BCUT2D eigenvalue weighted by atomic mass is 79.9. The molecule has 0 fully saturated rings. The Balaban J connectivity index is 2.66. The molecule has 0 aliphatic rings. The van der Waals surface area contributed by atoms with E-state index in [1.165, 1.54) is 14.2 Å². The summed E-state index contributed by atoms with van der Waals surface area (Å²) in [6, 6.07) is 3.47. The third kappa shape index (κ3) is 5.50. The van der Waals surface area contributed by atoms with Crippen LogP contribution >= 0.6 is 27.9 Å². The average molecular weight is 360 g/mol. The molecule has 0 aliphatic carbocycles. The molecule has 1 N–H and O–H groups in total. The van der Waals surface area contributed by atoms with E-state index in [4.69, 9.17) is 9.47 Å². The second-order valence-electron chi connectivity index (χ2n) is 3.49. The fourth-order valence-electron chi connectivity index (χ4n) is 1.44. The fourth-order valence-corrected chi connectivity index (χ4v) is 2.29. The Morgan fingerprint density at radius 3 is 2.37 bits per heavy atom. The highest BCUT2D eigenvalue weighted by Gasteiger charge is 2.28. The second kappa shape index (κ2) is 7.25. The largest absolute Gasteiger partial charge is 0.496 e. The lowest BCUT2D eigenvalue weighted by Crippen LogP contribution is -2.16. The maximum Gasteiger partial charge on any atom is 0.456 e. The number of methoxy groups -OCH3 is 2. The summed E-state index contributed by atoms with van der Waals surface area (Å²) in [7, 11) is 3.03. The molecule has 0 aromatic heterocycles. The van der Waals surface area contributed by atoms with Gasteiger partial charge in [0.15, 0.2) is 0 Å². The van der Waals surface area contributed by atoms with Crippen LogP contribution in [0.5, 0.6) is 11.5 Å². The molecule has 0 amide bonds. The fraction of sp³-hybridized carbons (Fsp3) is 0.455. The molecule has 1 rings (SSSR count). The molecule has 0 heterocycles. The Kier molecular flexibility index (Phi) is 6.28. The molecule has 0 bridgehead atoms. The lowest BCUT2D eigenvalue weighted by atomic mass is 10.1. The van der Waals surface area contributed by atoms with E-state index in [0.29, 0.717) is 17.9 Å². The number of rotatable bonds is 6. The predicted molar refractivity (Wildman–Crippen MR) is 72.6 cm³/mol. The zero-order chi connectivity index (χ0) is 14.5. The van der Waals surface area contributed by atoms with Crippen LogP contribution in [0.4, 0.5) is 13.2 Å². The van der Waals surface area contributed by atoms with Gasteiger partial charge in [0.25, 0.3) is 0 Å². The molecule has 0 aliphatic heterocycles. The molecule has 0 saturated carbocycles. The molecule has 19 heavy (non-hydrogen) atoms. The summed E-state index contributed by atoms with van der Waals surface area (Å²) in [4.78, 5) is 0. The highest BCUT2D eigenvalue weighted by Crippen LogP contribution is 2.33. The van der Waals surface area contributed by atoms with Gasteiger partial charge < -0.3 is 9.47 Å². The Morgan fingerprint density at radius 2 is 1.84 bits per heavy atom. The van der Waals surface area contributed by atoms with Crippen LogP contribution in [0.15, 0.2) is 16.6 Å². The van der Waals surface area contributed by atoms with E-state index in [1.54, 1.807) is 12.1 Å². The van der Waals surface area contributed by atoms with E-state index < -0.39 is 5.51 Å². The number of hydrogen-bond donors (Lipinski definition) is 1. The smallest absolute Gasteiger partial charge is 0.456 e. The number of benzene rings is 1. The van der Waals surface area contributed by atoms with Crippen molar-refractivity contribution in [3.63, 3.8) is 0 Å². The van der Waals surface area contributed by atoms with Crippen LogP contribution in [0.3, 0.4) is 0 Å². The van der Waals surface area contributed by atoms with E-state index in [0.717, 1.165) is 10.0 Å². The van der Waals surface area contributed by atoms with Gasteiger partial charge in [-0.15, -0.1) is 0 Å². The lowest BCUT2D eigenvalue weighted by Gasteiger charge is -2.13. The Bertz CT molecular complexity index is 429. The monoisotopic (exact) mass is 359 g/mol. The van der Waals surface area contributed by atoms with Crippen LogP contribution in [0, 0.1) is 0 Å². The third-order valence-corrected chi connectivity index (χ3v) is 3.44. The molecular formula is C11H13BrF3NO2S. The minimum Gasteiger partial charge on any atom is -0.496 e. The number of alkyl halides is 3. The molecule has 108 valence electrons. The first-order chi connectivity index (χ1) is 8.87. The summed E-state index contributed by atoms with van der Waals surface area (Å²) >= 11 is 3.06. The lowest BCUT2D eigenvalue weighted by molar-refractivity contribution is -0.0335. The average Bonchev–Trinajstić information content (AvgIpc) is 2.34. The van der Waals surface area contributed by atoms with Crippen LogP contribution in [0.25, 0.3) is 0 Å². The summed E-state index contributed by atoms with van der Waals surface area (Å²) < 4.78 is 49.2. The van der Waals surface area contributed by atoms with E-state index in [2.05, 4.69) is 20.7 Å². The van der Waals surface area contributed by atoms with E-state index in [-0.39, 0.29) is 18.5 Å². The normalized spacial score (nSPS) is 11.5. The van der Waals surface area contributed by atoms with Gasteiger partial charge in [0.05, 0.1) is 18.7 Å². The van der Waals surface area contributed by atoms with Gasteiger partial charge in [0.2, 0.25) is 0 Å². The van der Waals surface area contributed by atoms with Gasteiger partial charge in [-0.1, -0.05) is 0 Å². The van der Waals surface area contributed by atoms with Crippen molar-refractivity contribution in [3.05, 3.63) is 22.2 Å². The molecule has 0 unspecified atom stereocenters. The van der Waals surface area contributed by atoms with E-state index in [1.807, 2.05) is 0 Å². The van der Waals surface area contributed by atoms with Crippen LogP contribution in [-0.2, 0) is 6.42 Å². The van der Waals surface area contributed by atoms with Gasteiger partial charge in [-0.3, -0.25) is 4.72 Å². The van der Waals surface area contributed by atoms with Crippen molar-refractivity contribution in [2.45, 2.75) is 11.9 Å². The third-order valence-electron chi connectivity index (χ3n) is 2.24. The van der Waals surface area contributed by atoms with Gasteiger partial charge in [-0.2, -0.15) is 13.2 Å². The Labute approximate surface area is 122 Å². The number of halogens is 4. The summed E-state index contributed by atoms with van der Waals surface area (Å²) in [5.41, 5.74) is -3.50. The molecule has 3 nitrogen and oxygen atoms in total. The van der Waals surface area contributed by atoms with Crippen molar-refractivity contribution in [3.8, 4) is 11.5 Å². The molecule has 0 atom stereocenters.